The first-order valence-electron chi connectivity index (χ1n) is 28.4. The number of benzene rings is 8. The SMILES string of the molecule is N#CC1=C(c2ccc(OCc3ccc(F)cc3)cc2)c2nc1cc1[nH]c(nc3nc(nc4[nH]c(n2)c(C#N)c4-c2ccc(OCc4ccc(F)cc4)cc2)C(C#N)=C3c2ccc(OCc3ccc(F)cc3)cc2)c(C#N)c1-c1ccc(OCc2ccc(F)cc2)cc1. The molecule has 2 aliphatic heterocycles. The van der Waals surface area contributed by atoms with Gasteiger partial charge in [0.1, 0.15) is 119 Å². The molecule has 0 amide bonds. The van der Waals surface area contributed by atoms with E-state index < -0.39 is 0 Å². The normalized spacial score (nSPS) is 11.7. The molecular weight excluding hydrogens is 1170 g/mol. The minimum absolute atomic E-state index is 0.000241. The van der Waals surface area contributed by atoms with E-state index >= 15 is 0 Å². The van der Waals surface area contributed by atoms with Crippen LogP contribution in [-0.2, 0) is 26.4 Å². The number of H-pyrrole nitrogens is 2. The van der Waals surface area contributed by atoms with Crippen LogP contribution >= 0.6 is 0 Å². The van der Waals surface area contributed by atoms with Crippen molar-refractivity contribution in [2.24, 2.45) is 0 Å². The maximum Gasteiger partial charge on any atom is 0.175 e. The predicted octanol–water partition coefficient (Wildman–Crippen LogP) is 15.4. The van der Waals surface area contributed by atoms with E-state index in [0.717, 1.165) is 22.3 Å². The van der Waals surface area contributed by atoms with Gasteiger partial charge in [-0.1, -0.05) is 97.1 Å². The van der Waals surface area contributed by atoms with Crippen molar-refractivity contribution in [1.82, 2.24) is 34.9 Å². The molecule has 13 rings (SSSR count). The molecule has 0 radical (unpaired) electrons. The van der Waals surface area contributed by atoms with Crippen LogP contribution in [0.1, 0.15) is 67.7 Å². The highest BCUT2D eigenvalue weighted by Gasteiger charge is 2.29. The average molecular weight is 1210 g/mol. The van der Waals surface area contributed by atoms with Crippen molar-refractivity contribution in [3.63, 3.8) is 0 Å². The summed E-state index contributed by atoms with van der Waals surface area (Å²) < 4.78 is 79.3. The number of aromatic amines is 2. The van der Waals surface area contributed by atoms with Crippen molar-refractivity contribution < 1.29 is 36.5 Å². The zero-order valence-electron chi connectivity index (χ0n) is 48.1. The summed E-state index contributed by atoms with van der Waals surface area (Å²) in [6.45, 7) is 0.540. The number of nitrogens with one attached hydrogen (secondary N) is 2. The van der Waals surface area contributed by atoms with Crippen LogP contribution in [0.25, 0.3) is 67.0 Å². The van der Waals surface area contributed by atoms with E-state index in [0.29, 0.717) is 50.8 Å². The lowest BCUT2D eigenvalue weighted by atomic mass is 9.99. The highest BCUT2D eigenvalue weighted by Crippen LogP contribution is 2.41. The summed E-state index contributed by atoms with van der Waals surface area (Å²) in [6, 6.07) is 62.1. The molecule has 0 aliphatic carbocycles. The molecule has 11 aromatic rings. The van der Waals surface area contributed by atoms with Crippen LogP contribution in [0.4, 0.5) is 17.6 Å². The molecule has 8 aromatic carbocycles. The zero-order chi connectivity index (χ0) is 63.2. The number of nitriles is 4. The summed E-state index contributed by atoms with van der Waals surface area (Å²) in [5.41, 5.74) is 6.40. The van der Waals surface area contributed by atoms with Crippen molar-refractivity contribution in [1.29, 1.82) is 21.0 Å². The van der Waals surface area contributed by atoms with Gasteiger partial charge in [0.2, 0.25) is 0 Å². The standard InChI is InChI=1S/C73H43F4N11O4/c74-50-17-1-42(2-18-50)38-89-54-25-9-46(10-26-54)64-59(35-79)68-83-63(64)33-62-58(34-78)65(47-11-27-55(28-12-47)90-39-43-3-19-51(75)20-4-43)71(82-62)85-69-60(36-80)67(49-15-31-57(32-16-49)92-41-45-7-23-53(77)24-8-45)73(86-69)88-70-61(37-81)66(72(84-68)87-70)48-13-29-56(30-14-48)91-40-44-5-21-52(76)22-6-44/h1-33H,38-41H2,(H2,82,83,84,85,86,87,88). The Morgan fingerprint density at radius 1 is 0.326 bits per heavy atom. The number of hydrogen-bond acceptors (Lipinski definition) is 13. The first kappa shape index (κ1) is 58.1. The number of allylic oxidation sites excluding steroid dienone is 2. The summed E-state index contributed by atoms with van der Waals surface area (Å²) in [6.07, 6.45) is 0. The second-order valence-electron chi connectivity index (χ2n) is 21.0. The Labute approximate surface area is 522 Å². The topological polar surface area (TPSA) is 228 Å². The Balaban J connectivity index is 1.02. The maximum absolute atomic E-state index is 13.7. The monoisotopic (exact) mass is 1210 g/mol. The van der Waals surface area contributed by atoms with Crippen LogP contribution in [-0.4, -0.2) is 34.9 Å². The van der Waals surface area contributed by atoms with Crippen LogP contribution in [0.3, 0.4) is 0 Å². The molecule has 0 saturated heterocycles. The molecule has 8 bridgehead atoms. The smallest absolute Gasteiger partial charge is 0.175 e. The fourth-order valence-electron chi connectivity index (χ4n) is 10.5. The largest absolute Gasteiger partial charge is 0.489 e. The summed E-state index contributed by atoms with van der Waals surface area (Å²) in [5.74, 6) is 0.154. The Hall–Kier alpha value is -13.0. The van der Waals surface area contributed by atoms with Gasteiger partial charge in [0.15, 0.2) is 28.8 Å². The second-order valence-corrected chi connectivity index (χ2v) is 21.0. The van der Waals surface area contributed by atoms with E-state index in [1.54, 1.807) is 152 Å². The molecule has 5 heterocycles. The van der Waals surface area contributed by atoms with Gasteiger partial charge in [-0.15, -0.1) is 0 Å². The van der Waals surface area contributed by atoms with E-state index in [4.69, 9.17) is 43.9 Å². The Morgan fingerprint density at radius 3 is 1.05 bits per heavy atom. The molecule has 2 aliphatic rings. The van der Waals surface area contributed by atoms with E-state index in [9.17, 15) is 38.6 Å². The molecular formula is C73H43F4N11O4. The molecule has 0 spiro atoms. The van der Waals surface area contributed by atoms with Gasteiger partial charge in [-0.2, -0.15) is 21.0 Å². The van der Waals surface area contributed by atoms with Crippen LogP contribution in [0.15, 0.2) is 200 Å². The molecule has 0 unspecified atom stereocenters. The van der Waals surface area contributed by atoms with Gasteiger partial charge in [0.05, 0.1) is 16.8 Å². The van der Waals surface area contributed by atoms with Gasteiger partial charge in [-0.25, -0.2) is 42.5 Å². The van der Waals surface area contributed by atoms with Gasteiger partial charge < -0.3 is 28.9 Å². The minimum atomic E-state index is -0.382. The Bertz CT molecular complexity index is 4760. The predicted molar refractivity (Wildman–Crippen MR) is 334 cm³/mol. The van der Waals surface area contributed by atoms with E-state index in [2.05, 4.69) is 34.2 Å². The molecule has 15 nitrogen and oxygen atoms in total. The van der Waals surface area contributed by atoms with Crippen molar-refractivity contribution in [3.05, 3.63) is 291 Å². The number of aromatic nitrogens is 7. The third-order valence-electron chi connectivity index (χ3n) is 15.1. The Morgan fingerprint density at radius 2 is 0.663 bits per heavy atom. The van der Waals surface area contributed by atoms with Gasteiger partial charge >= 0.3 is 0 Å². The number of nitrogens with zero attached hydrogens (tertiary/aromatic N) is 9. The van der Waals surface area contributed by atoms with E-state index in [-0.39, 0.29) is 134 Å². The lowest BCUT2D eigenvalue weighted by Crippen LogP contribution is -1.96. The van der Waals surface area contributed by atoms with Gasteiger partial charge in [0.25, 0.3) is 0 Å². The maximum atomic E-state index is 13.7. The quantitative estimate of drug-likeness (QED) is 0.0859. The minimum Gasteiger partial charge on any atom is -0.489 e. The number of hydrogen-bond donors (Lipinski definition) is 2. The number of fused-ring (bicyclic) bond motifs is 8. The molecule has 2 N–H and O–H groups in total. The zero-order valence-corrected chi connectivity index (χ0v) is 48.1. The number of halogens is 4. The summed E-state index contributed by atoms with van der Waals surface area (Å²) >= 11 is 0. The third kappa shape index (κ3) is 12.2. The fraction of sp³-hybridized carbons (Fsp3) is 0.0548. The molecule has 19 heteroatoms. The van der Waals surface area contributed by atoms with Gasteiger partial charge in [-0.3, -0.25) is 0 Å². The lowest BCUT2D eigenvalue weighted by Gasteiger charge is -2.08. The highest BCUT2D eigenvalue weighted by molar-refractivity contribution is 6.06. The second kappa shape index (κ2) is 25.4. The molecule has 92 heavy (non-hydrogen) atoms. The average Bonchev–Trinajstić information content (AvgIpc) is 1.62. The van der Waals surface area contributed by atoms with Crippen molar-refractivity contribution in [2.75, 3.05) is 0 Å². The van der Waals surface area contributed by atoms with Gasteiger partial charge in [0, 0.05) is 22.3 Å². The van der Waals surface area contributed by atoms with Crippen molar-refractivity contribution in [2.45, 2.75) is 26.4 Å². The van der Waals surface area contributed by atoms with Crippen LogP contribution in [0.5, 0.6) is 23.0 Å². The first-order chi connectivity index (χ1) is 45.0. The van der Waals surface area contributed by atoms with Crippen LogP contribution in [0, 0.1) is 68.6 Å². The molecule has 0 fully saturated rings. The van der Waals surface area contributed by atoms with E-state index in [1.807, 2.05) is 0 Å². The number of rotatable bonds is 16. The highest BCUT2D eigenvalue weighted by atomic mass is 19.1. The summed E-state index contributed by atoms with van der Waals surface area (Å²) in [4.78, 5) is 31.7. The molecule has 0 saturated carbocycles. The summed E-state index contributed by atoms with van der Waals surface area (Å²) in [5, 5.41) is 45.2. The summed E-state index contributed by atoms with van der Waals surface area (Å²) in [7, 11) is 0. The van der Waals surface area contributed by atoms with Crippen LogP contribution < -0.4 is 18.9 Å². The van der Waals surface area contributed by atoms with E-state index in [1.165, 1.54) is 48.5 Å². The van der Waals surface area contributed by atoms with Crippen molar-refractivity contribution in [3.8, 4) is 69.5 Å². The van der Waals surface area contributed by atoms with Crippen LogP contribution in [0.2, 0.25) is 0 Å². The lowest BCUT2D eigenvalue weighted by molar-refractivity contribution is 0.306. The third-order valence-corrected chi connectivity index (χ3v) is 15.1. The molecule has 3 aromatic heterocycles. The van der Waals surface area contributed by atoms with Gasteiger partial charge in [-0.05, 0) is 148 Å². The van der Waals surface area contributed by atoms with Crippen molar-refractivity contribution >= 4 is 44.8 Å². The first-order valence-corrected chi connectivity index (χ1v) is 28.4. The fourth-order valence-corrected chi connectivity index (χ4v) is 10.5. The molecule has 0 atom stereocenters. The Kier molecular flexibility index (Phi) is 16.0. The number of ether oxygens (including phenoxy) is 4. The molecule has 442 valence electrons.